The van der Waals surface area contributed by atoms with Crippen LogP contribution in [0.4, 0.5) is 19.2 Å². The van der Waals surface area contributed by atoms with Crippen LogP contribution in [0, 0.1) is 5.92 Å². The minimum Gasteiger partial charge on any atom is -0.497 e. The maximum absolute atomic E-state index is 13.4. The fourth-order valence-corrected chi connectivity index (χ4v) is 6.14. The summed E-state index contributed by atoms with van der Waals surface area (Å²) in [5.41, 5.74) is -0.235. The lowest BCUT2D eigenvalue weighted by atomic mass is 9.86. The third-order valence-corrected chi connectivity index (χ3v) is 9.26. The zero-order valence-electron chi connectivity index (χ0n) is 19.5. The highest BCUT2D eigenvalue weighted by atomic mass is 32.2. The summed E-state index contributed by atoms with van der Waals surface area (Å²) in [6.07, 6.45) is -3.60. The van der Waals surface area contributed by atoms with Crippen LogP contribution in [0.25, 0.3) is 11.5 Å². The van der Waals surface area contributed by atoms with Crippen LogP contribution in [0.15, 0.2) is 57.8 Å². The van der Waals surface area contributed by atoms with E-state index in [1.54, 1.807) is 33.1 Å². The summed E-state index contributed by atoms with van der Waals surface area (Å²) in [6, 6.07) is 11.5. The van der Waals surface area contributed by atoms with E-state index in [4.69, 9.17) is 9.15 Å². The molecule has 188 valence electrons. The zero-order chi connectivity index (χ0) is 25.4. The first-order valence-electron chi connectivity index (χ1n) is 11.1. The number of ether oxygens (including phenoxy) is 1. The van der Waals surface area contributed by atoms with Crippen LogP contribution in [0.5, 0.6) is 5.75 Å². The molecule has 1 aliphatic heterocycles. The Morgan fingerprint density at radius 2 is 1.69 bits per heavy atom. The van der Waals surface area contributed by atoms with Crippen molar-refractivity contribution >= 4 is 15.9 Å². The fraction of sp³-hybridized carbons (Fsp3) is 0.417. The lowest BCUT2D eigenvalue weighted by Crippen LogP contribution is -2.46. The van der Waals surface area contributed by atoms with Crippen LogP contribution in [-0.4, -0.2) is 43.6 Å². The first-order valence-corrected chi connectivity index (χ1v) is 12.6. The molecule has 4 rings (SSSR count). The van der Waals surface area contributed by atoms with Crippen LogP contribution in [0.2, 0.25) is 0 Å². The fourth-order valence-electron chi connectivity index (χ4n) is 4.32. The first-order chi connectivity index (χ1) is 16.4. The van der Waals surface area contributed by atoms with Gasteiger partial charge in [0.15, 0.2) is 9.84 Å². The number of benzene rings is 2. The zero-order valence-corrected chi connectivity index (χ0v) is 20.4. The Bertz CT molecular complexity index is 1280. The predicted octanol–water partition coefficient (Wildman–Crippen LogP) is 5.23. The summed E-state index contributed by atoms with van der Waals surface area (Å²) in [4.78, 5) is 1.57. The van der Waals surface area contributed by atoms with Crippen molar-refractivity contribution in [2.24, 2.45) is 5.92 Å². The average molecular weight is 510 g/mol. The number of hydrogen-bond acceptors (Lipinski definition) is 7. The van der Waals surface area contributed by atoms with Gasteiger partial charge in [0.25, 0.3) is 0 Å². The van der Waals surface area contributed by atoms with Crippen molar-refractivity contribution in [3.05, 3.63) is 54.1 Å². The highest BCUT2D eigenvalue weighted by Crippen LogP contribution is 2.40. The molecule has 1 aliphatic rings. The molecule has 1 fully saturated rings. The first kappa shape index (κ1) is 25.0. The van der Waals surface area contributed by atoms with Crippen molar-refractivity contribution in [1.29, 1.82) is 0 Å². The molecule has 0 atom stereocenters. The lowest BCUT2D eigenvalue weighted by molar-refractivity contribution is -0.137. The van der Waals surface area contributed by atoms with Crippen molar-refractivity contribution in [3.8, 4) is 17.2 Å². The summed E-state index contributed by atoms with van der Waals surface area (Å²) >= 11 is 0. The van der Waals surface area contributed by atoms with Gasteiger partial charge in [0.05, 0.1) is 22.3 Å². The highest BCUT2D eigenvalue weighted by molar-refractivity contribution is 7.92. The van der Waals surface area contributed by atoms with Gasteiger partial charge in [0.2, 0.25) is 5.89 Å². The number of halogens is 3. The van der Waals surface area contributed by atoms with Crippen LogP contribution in [-0.2, 0) is 16.0 Å². The van der Waals surface area contributed by atoms with Crippen LogP contribution < -0.4 is 9.64 Å². The molecule has 0 bridgehead atoms. The van der Waals surface area contributed by atoms with Crippen molar-refractivity contribution < 1.29 is 30.7 Å². The van der Waals surface area contributed by atoms with Crippen molar-refractivity contribution in [2.45, 2.75) is 42.5 Å². The Balaban J connectivity index is 1.46. The second-order valence-electron chi connectivity index (χ2n) is 9.01. The van der Waals surface area contributed by atoms with Gasteiger partial charge in [-0.1, -0.05) is 11.2 Å². The van der Waals surface area contributed by atoms with Crippen molar-refractivity contribution in [2.75, 3.05) is 25.1 Å². The summed E-state index contributed by atoms with van der Waals surface area (Å²) in [6.45, 7) is 4.13. The number of hydrogen-bond donors (Lipinski definition) is 0. The van der Waals surface area contributed by atoms with Gasteiger partial charge in [-0.05, 0) is 75.1 Å². The second-order valence-corrected chi connectivity index (χ2v) is 11.5. The number of aromatic nitrogens is 2. The van der Waals surface area contributed by atoms with E-state index in [0.717, 1.165) is 17.7 Å². The van der Waals surface area contributed by atoms with Crippen molar-refractivity contribution in [3.63, 3.8) is 0 Å². The minimum atomic E-state index is -4.62. The van der Waals surface area contributed by atoms with E-state index in [2.05, 4.69) is 10.2 Å². The van der Waals surface area contributed by atoms with E-state index in [1.165, 1.54) is 6.07 Å². The number of piperidine rings is 1. The van der Waals surface area contributed by atoms with Gasteiger partial charge in [-0.2, -0.15) is 13.2 Å². The Hall–Kier alpha value is -3.08. The lowest BCUT2D eigenvalue weighted by Gasteiger charge is -2.39. The molecule has 0 aliphatic carbocycles. The molecule has 0 unspecified atom stereocenters. The number of anilines is 1. The standard InChI is InChI=1S/C24H26F3N3O4S/c1-23(2,35(31,32)20-6-4-5-18(15-20)24(25,26)27)17-11-13-30(14-12-17)22-29-28-21(34-22)16-7-9-19(33-3)10-8-16/h4-10,15,17H,11-14H2,1-3H3. The molecule has 0 spiro atoms. The SMILES string of the molecule is COc1ccc(-c2nnc(N3CCC(C(C)(C)S(=O)(=O)c4cccc(C(F)(F)F)c4)CC3)o2)cc1. The number of nitrogens with zero attached hydrogens (tertiary/aromatic N) is 3. The quantitative estimate of drug-likeness (QED) is 0.450. The van der Waals surface area contributed by atoms with Gasteiger partial charge >= 0.3 is 12.2 Å². The number of rotatable bonds is 6. The number of sulfone groups is 1. The van der Waals surface area contributed by atoms with Crippen LogP contribution in [0.1, 0.15) is 32.3 Å². The maximum Gasteiger partial charge on any atom is 0.416 e. The summed E-state index contributed by atoms with van der Waals surface area (Å²) in [7, 11) is -2.44. The molecule has 3 aromatic rings. The molecule has 0 N–H and O–H groups in total. The topological polar surface area (TPSA) is 85.5 Å². The number of methoxy groups -OCH3 is 1. The highest BCUT2D eigenvalue weighted by Gasteiger charge is 2.45. The molecule has 0 radical (unpaired) electrons. The molecule has 0 amide bonds. The molecule has 35 heavy (non-hydrogen) atoms. The number of alkyl halides is 3. The van der Waals surface area contributed by atoms with E-state index in [1.807, 2.05) is 17.0 Å². The third-order valence-electron chi connectivity index (χ3n) is 6.66. The van der Waals surface area contributed by atoms with Crippen LogP contribution in [0.3, 0.4) is 0 Å². The summed E-state index contributed by atoms with van der Waals surface area (Å²) in [5.74, 6) is 0.803. The van der Waals surface area contributed by atoms with E-state index in [-0.39, 0.29) is 10.8 Å². The van der Waals surface area contributed by atoms with E-state index < -0.39 is 26.3 Å². The molecular formula is C24H26F3N3O4S. The largest absolute Gasteiger partial charge is 0.497 e. The molecule has 11 heteroatoms. The molecule has 2 aromatic carbocycles. The Labute approximate surface area is 201 Å². The molecule has 1 aromatic heterocycles. The monoisotopic (exact) mass is 509 g/mol. The van der Waals surface area contributed by atoms with E-state index in [9.17, 15) is 21.6 Å². The molecule has 0 saturated carbocycles. The average Bonchev–Trinajstić information content (AvgIpc) is 3.34. The second kappa shape index (κ2) is 9.18. The Kier molecular flexibility index (Phi) is 6.56. The van der Waals surface area contributed by atoms with Gasteiger partial charge in [0, 0.05) is 18.7 Å². The molecule has 1 saturated heterocycles. The summed E-state index contributed by atoms with van der Waals surface area (Å²) in [5, 5.41) is 8.23. The molecule has 7 nitrogen and oxygen atoms in total. The van der Waals surface area contributed by atoms with E-state index in [0.29, 0.717) is 49.7 Å². The van der Waals surface area contributed by atoms with Gasteiger partial charge in [0.1, 0.15) is 5.75 Å². The maximum atomic E-state index is 13.4. The van der Waals surface area contributed by atoms with Gasteiger partial charge in [-0.25, -0.2) is 8.42 Å². The van der Waals surface area contributed by atoms with E-state index >= 15 is 0 Å². The predicted molar refractivity (Wildman–Crippen MR) is 124 cm³/mol. The van der Waals surface area contributed by atoms with Crippen LogP contribution >= 0.6 is 0 Å². The van der Waals surface area contributed by atoms with Gasteiger partial charge in [-0.3, -0.25) is 0 Å². The Morgan fingerprint density at radius 3 is 2.29 bits per heavy atom. The normalized spacial score (nSPS) is 15.9. The van der Waals surface area contributed by atoms with Gasteiger partial charge < -0.3 is 14.1 Å². The van der Waals surface area contributed by atoms with Gasteiger partial charge in [-0.15, -0.1) is 5.10 Å². The molecule has 2 heterocycles. The smallest absolute Gasteiger partial charge is 0.416 e. The van der Waals surface area contributed by atoms with Crippen molar-refractivity contribution in [1.82, 2.24) is 10.2 Å². The Morgan fingerprint density at radius 1 is 1.03 bits per heavy atom. The molecular weight excluding hydrogens is 483 g/mol. The summed E-state index contributed by atoms with van der Waals surface area (Å²) < 4.78 is 75.8. The minimum absolute atomic E-state index is 0.262. The third kappa shape index (κ3) is 4.86.